The van der Waals surface area contributed by atoms with E-state index in [1.165, 1.54) is 33.6 Å². The van der Waals surface area contributed by atoms with Gasteiger partial charge >= 0.3 is 0 Å². The number of anilines is 2. The van der Waals surface area contributed by atoms with Gasteiger partial charge in [0.05, 0.1) is 6.61 Å². The van der Waals surface area contributed by atoms with Gasteiger partial charge in [0.15, 0.2) is 0 Å². The molecule has 0 radical (unpaired) electrons. The fraction of sp³-hybridized carbons (Fsp3) is 0.143. The van der Waals surface area contributed by atoms with E-state index in [9.17, 15) is 0 Å². The Bertz CT molecular complexity index is 867. The van der Waals surface area contributed by atoms with Gasteiger partial charge < -0.3 is 9.64 Å². The second-order valence-corrected chi connectivity index (χ2v) is 6.22. The van der Waals surface area contributed by atoms with Crippen LogP contribution in [0.25, 0.3) is 0 Å². The number of para-hydroxylation sites is 2. The van der Waals surface area contributed by atoms with Crippen LogP contribution in [0.15, 0.2) is 72.8 Å². The van der Waals surface area contributed by atoms with Gasteiger partial charge in [-0.3, -0.25) is 0 Å². The second kappa shape index (κ2) is 4.46. The minimum atomic E-state index is -0.490. The fourth-order valence-electron chi connectivity index (χ4n) is 4.10. The molecule has 2 nitrogen and oxygen atoms in total. The molecule has 0 saturated carbocycles. The van der Waals surface area contributed by atoms with E-state index in [4.69, 9.17) is 4.74 Å². The number of hydrogen-bond donors (Lipinski definition) is 0. The lowest BCUT2D eigenvalue weighted by Gasteiger charge is -2.42. The Morgan fingerprint density at radius 2 is 1.26 bits per heavy atom. The number of fused-ring (bicyclic) bond motifs is 6. The predicted octanol–water partition coefficient (Wildman–Crippen LogP) is 4.59. The molecular formula is C21H17NO. The number of nitrogens with zero attached hydrogens (tertiary/aromatic N) is 1. The Kier molecular flexibility index (Phi) is 2.51. The molecule has 2 heteroatoms. The van der Waals surface area contributed by atoms with Crippen molar-refractivity contribution in [3.05, 3.63) is 95.1 Å². The zero-order valence-electron chi connectivity index (χ0n) is 13.0. The van der Waals surface area contributed by atoms with Gasteiger partial charge in [0.2, 0.25) is 0 Å². The van der Waals surface area contributed by atoms with Gasteiger partial charge in [0, 0.05) is 29.5 Å². The molecule has 2 heterocycles. The fourth-order valence-corrected chi connectivity index (χ4v) is 4.10. The van der Waals surface area contributed by atoms with E-state index in [0.717, 1.165) is 0 Å². The van der Waals surface area contributed by atoms with Gasteiger partial charge in [-0.2, -0.15) is 0 Å². The van der Waals surface area contributed by atoms with E-state index in [1.54, 1.807) is 0 Å². The van der Waals surface area contributed by atoms with Crippen molar-refractivity contribution in [2.45, 2.75) is 12.2 Å². The summed E-state index contributed by atoms with van der Waals surface area (Å²) in [6, 6.07) is 25.7. The Morgan fingerprint density at radius 3 is 1.91 bits per heavy atom. The summed E-state index contributed by atoms with van der Waals surface area (Å²) in [7, 11) is 2.13. The highest BCUT2D eigenvalue weighted by Gasteiger charge is 2.48. The van der Waals surface area contributed by atoms with Gasteiger partial charge in [0.1, 0.15) is 5.60 Å². The minimum absolute atomic E-state index is 0.490. The molecule has 0 N–H and O–H groups in total. The molecule has 0 bridgehead atoms. The van der Waals surface area contributed by atoms with Crippen LogP contribution in [0.3, 0.4) is 0 Å². The third kappa shape index (κ3) is 1.51. The lowest BCUT2D eigenvalue weighted by molar-refractivity contribution is 0.0264. The molecule has 3 aromatic carbocycles. The van der Waals surface area contributed by atoms with Crippen LogP contribution in [0.4, 0.5) is 11.4 Å². The van der Waals surface area contributed by atoms with Gasteiger partial charge in [0.25, 0.3) is 0 Å². The second-order valence-electron chi connectivity index (χ2n) is 6.22. The van der Waals surface area contributed by atoms with Crippen LogP contribution in [0.2, 0.25) is 0 Å². The summed E-state index contributed by atoms with van der Waals surface area (Å²) in [6.07, 6.45) is 0. The molecule has 1 spiro atoms. The molecule has 0 fully saturated rings. The first-order valence-electron chi connectivity index (χ1n) is 7.97. The molecule has 0 amide bonds. The Hall–Kier alpha value is -2.58. The molecule has 2 aliphatic heterocycles. The minimum Gasteiger partial charge on any atom is -0.356 e. The molecule has 0 saturated heterocycles. The topological polar surface area (TPSA) is 12.5 Å². The van der Waals surface area contributed by atoms with Gasteiger partial charge in [-0.15, -0.1) is 0 Å². The molecule has 0 aliphatic carbocycles. The first kappa shape index (κ1) is 12.9. The summed E-state index contributed by atoms with van der Waals surface area (Å²) in [4.78, 5) is 2.26. The maximum absolute atomic E-state index is 6.53. The Morgan fingerprint density at radius 1 is 0.739 bits per heavy atom. The summed E-state index contributed by atoms with van der Waals surface area (Å²) >= 11 is 0. The largest absolute Gasteiger partial charge is 0.356 e. The summed E-state index contributed by atoms with van der Waals surface area (Å²) in [5, 5.41) is 0. The van der Waals surface area contributed by atoms with Crippen molar-refractivity contribution >= 4 is 11.4 Å². The molecule has 112 valence electrons. The zero-order chi connectivity index (χ0) is 15.4. The normalized spacial score (nSPS) is 16.8. The van der Waals surface area contributed by atoms with Crippen LogP contribution in [-0.2, 0) is 16.9 Å². The van der Waals surface area contributed by atoms with Gasteiger partial charge in [-0.25, -0.2) is 0 Å². The van der Waals surface area contributed by atoms with Crippen LogP contribution in [0, 0.1) is 0 Å². The zero-order valence-corrected chi connectivity index (χ0v) is 13.0. The number of benzene rings is 3. The van der Waals surface area contributed by atoms with Crippen molar-refractivity contribution in [1.82, 2.24) is 0 Å². The molecule has 2 aliphatic rings. The monoisotopic (exact) mass is 299 g/mol. The maximum atomic E-state index is 6.53. The third-order valence-electron chi connectivity index (χ3n) is 5.13. The summed E-state index contributed by atoms with van der Waals surface area (Å²) in [5.41, 5.74) is 6.94. The predicted molar refractivity (Wildman–Crippen MR) is 92.1 cm³/mol. The first-order chi connectivity index (χ1) is 11.3. The van der Waals surface area contributed by atoms with Crippen LogP contribution >= 0.6 is 0 Å². The van der Waals surface area contributed by atoms with E-state index >= 15 is 0 Å². The number of rotatable bonds is 0. The SMILES string of the molecule is CN1c2ccccc2C2(OCc3ccccc32)c2ccccc21. The third-order valence-corrected chi connectivity index (χ3v) is 5.13. The van der Waals surface area contributed by atoms with Crippen LogP contribution in [0.1, 0.15) is 22.3 Å². The Balaban J connectivity index is 1.92. The molecule has 0 unspecified atom stereocenters. The van der Waals surface area contributed by atoms with Crippen molar-refractivity contribution in [3.8, 4) is 0 Å². The van der Waals surface area contributed by atoms with Crippen molar-refractivity contribution in [2.75, 3.05) is 11.9 Å². The van der Waals surface area contributed by atoms with E-state index in [2.05, 4.69) is 84.7 Å². The van der Waals surface area contributed by atoms with Crippen LogP contribution in [-0.4, -0.2) is 7.05 Å². The van der Waals surface area contributed by atoms with Crippen molar-refractivity contribution in [3.63, 3.8) is 0 Å². The van der Waals surface area contributed by atoms with Crippen LogP contribution in [0.5, 0.6) is 0 Å². The molecule has 0 atom stereocenters. The van der Waals surface area contributed by atoms with Crippen molar-refractivity contribution in [1.29, 1.82) is 0 Å². The van der Waals surface area contributed by atoms with E-state index < -0.39 is 5.60 Å². The van der Waals surface area contributed by atoms with Crippen molar-refractivity contribution < 1.29 is 4.74 Å². The van der Waals surface area contributed by atoms with Crippen molar-refractivity contribution in [2.24, 2.45) is 0 Å². The summed E-state index contributed by atoms with van der Waals surface area (Å²) < 4.78 is 6.53. The lowest BCUT2D eigenvalue weighted by Crippen LogP contribution is -2.36. The highest BCUT2D eigenvalue weighted by atomic mass is 16.5. The summed E-state index contributed by atoms with van der Waals surface area (Å²) in [5.74, 6) is 0. The van der Waals surface area contributed by atoms with Gasteiger partial charge in [-0.1, -0.05) is 60.7 Å². The molecule has 23 heavy (non-hydrogen) atoms. The summed E-state index contributed by atoms with van der Waals surface area (Å²) in [6.45, 7) is 0.655. The maximum Gasteiger partial charge on any atom is 0.148 e. The molecule has 3 aromatic rings. The van der Waals surface area contributed by atoms with Gasteiger partial charge in [-0.05, 0) is 23.3 Å². The van der Waals surface area contributed by atoms with E-state index in [1.807, 2.05) is 0 Å². The van der Waals surface area contributed by atoms with Crippen LogP contribution < -0.4 is 4.90 Å². The average Bonchev–Trinajstić information content (AvgIpc) is 3.01. The smallest absolute Gasteiger partial charge is 0.148 e. The molecule has 0 aromatic heterocycles. The first-order valence-corrected chi connectivity index (χ1v) is 7.97. The number of ether oxygens (including phenoxy) is 1. The number of hydrogen-bond acceptors (Lipinski definition) is 2. The molecule has 5 rings (SSSR count). The highest BCUT2D eigenvalue weighted by Crippen LogP contribution is 2.55. The quantitative estimate of drug-likeness (QED) is 0.602. The average molecular weight is 299 g/mol. The molecular weight excluding hydrogens is 282 g/mol. The van der Waals surface area contributed by atoms with E-state index in [0.29, 0.717) is 6.61 Å². The van der Waals surface area contributed by atoms with E-state index in [-0.39, 0.29) is 0 Å². The Labute approximate surface area is 136 Å². The standard InChI is InChI=1S/C21H17NO/c1-22-19-12-6-4-10-17(19)21(18-11-5-7-13-20(18)22)16-9-3-2-8-15(16)14-23-21/h2-13H,14H2,1H3. The highest BCUT2D eigenvalue weighted by molar-refractivity contribution is 5.79. The lowest BCUT2D eigenvalue weighted by atomic mass is 9.76.